The Morgan fingerprint density at radius 1 is 1.44 bits per heavy atom. The average Bonchev–Trinajstić information content (AvgIpc) is 3.09. The fourth-order valence-electron chi connectivity index (χ4n) is 1.84. The predicted octanol–water partition coefficient (Wildman–Crippen LogP) is 1.97. The molecule has 0 radical (unpaired) electrons. The number of halogens is 1. The van der Waals surface area contributed by atoms with Crippen LogP contribution in [0.3, 0.4) is 0 Å². The Balaban J connectivity index is 1.87. The summed E-state index contributed by atoms with van der Waals surface area (Å²) >= 11 is 0. The second-order valence-electron chi connectivity index (χ2n) is 4.66. The number of hydrogen-bond acceptors (Lipinski definition) is 3. The average molecular weight is 246 g/mol. The van der Waals surface area contributed by atoms with Crippen molar-refractivity contribution in [2.45, 2.75) is 32.4 Å². The van der Waals surface area contributed by atoms with E-state index in [1.165, 1.54) is 17.5 Å². The van der Waals surface area contributed by atoms with Crippen LogP contribution in [0.5, 0.6) is 0 Å². The smallest absolute Gasteiger partial charge is 0.190 e. The topological polar surface area (TPSA) is 42.7 Å². The standard InChI is InChI=1S/C13H15FN4/c1-9-5-7-18(17-9)13-12(14)10(4-6-15-13)8-16-11-2-3-11/h4-7,11,16H,2-3,8H2,1H3. The summed E-state index contributed by atoms with van der Waals surface area (Å²) in [6.07, 6.45) is 5.73. The molecule has 1 saturated carbocycles. The molecule has 2 aromatic rings. The molecule has 18 heavy (non-hydrogen) atoms. The number of aromatic nitrogens is 3. The van der Waals surface area contributed by atoms with E-state index < -0.39 is 0 Å². The van der Waals surface area contributed by atoms with Gasteiger partial charge in [0.1, 0.15) is 0 Å². The van der Waals surface area contributed by atoms with Gasteiger partial charge in [-0.3, -0.25) is 0 Å². The minimum atomic E-state index is -0.297. The van der Waals surface area contributed by atoms with Crippen molar-refractivity contribution in [2.24, 2.45) is 0 Å². The van der Waals surface area contributed by atoms with E-state index in [0.717, 1.165) is 5.69 Å². The summed E-state index contributed by atoms with van der Waals surface area (Å²) in [5.41, 5.74) is 1.48. The number of hydrogen-bond donors (Lipinski definition) is 1. The Labute approximate surface area is 105 Å². The van der Waals surface area contributed by atoms with Crippen molar-refractivity contribution >= 4 is 0 Å². The fourth-order valence-corrected chi connectivity index (χ4v) is 1.84. The molecule has 1 N–H and O–H groups in total. The molecule has 0 aromatic carbocycles. The van der Waals surface area contributed by atoms with Gasteiger partial charge in [0.25, 0.3) is 0 Å². The number of nitrogens with one attached hydrogen (secondary N) is 1. The third-order valence-corrected chi connectivity index (χ3v) is 3.05. The Morgan fingerprint density at radius 2 is 2.28 bits per heavy atom. The van der Waals surface area contributed by atoms with E-state index in [4.69, 9.17) is 0 Å². The maximum absolute atomic E-state index is 14.3. The van der Waals surface area contributed by atoms with Gasteiger partial charge in [0, 0.05) is 30.5 Å². The predicted molar refractivity (Wildman–Crippen MR) is 65.9 cm³/mol. The van der Waals surface area contributed by atoms with Crippen molar-refractivity contribution in [2.75, 3.05) is 0 Å². The van der Waals surface area contributed by atoms with Gasteiger partial charge in [0.05, 0.1) is 5.69 Å². The van der Waals surface area contributed by atoms with Crippen LogP contribution in [0.1, 0.15) is 24.1 Å². The minimum absolute atomic E-state index is 0.262. The van der Waals surface area contributed by atoms with Gasteiger partial charge >= 0.3 is 0 Å². The lowest BCUT2D eigenvalue weighted by molar-refractivity contribution is 0.566. The van der Waals surface area contributed by atoms with Crippen LogP contribution >= 0.6 is 0 Å². The highest BCUT2D eigenvalue weighted by atomic mass is 19.1. The molecular formula is C13H15FN4. The first kappa shape index (κ1) is 11.3. The first-order valence-electron chi connectivity index (χ1n) is 6.13. The molecule has 4 nitrogen and oxygen atoms in total. The van der Waals surface area contributed by atoms with Crippen molar-refractivity contribution in [3.8, 4) is 5.82 Å². The zero-order chi connectivity index (χ0) is 12.5. The molecule has 2 heterocycles. The number of aryl methyl sites for hydroxylation is 1. The molecule has 2 aromatic heterocycles. The van der Waals surface area contributed by atoms with Crippen LogP contribution < -0.4 is 5.32 Å². The lowest BCUT2D eigenvalue weighted by Crippen LogP contribution is -2.17. The van der Waals surface area contributed by atoms with E-state index in [-0.39, 0.29) is 11.6 Å². The van der Waals surface area contributed by atoms with E-state index in [0.29, 0.717) is 18.2 Å². The Morgan fingerprint density at radius 3 is 2.94 bits per heavy atom. The van der Waals surface area contributed by atoms with Gasteiger partial charge in [-0.1, -0.05) is 0 Å². The molecule has 0 spiro atoms. The van der Waals surface area contributed by atoms with Crippen molar-refractivity contribution < 1.29 is 4.39 Å². The Hall–Kier alpha value is -1.75. The quantitative estimate of drug-likeness (QED) is 0.896. The first-order valence-corrected chi connectivity index (χ1v) is 6.13. The third kappa shape index (κ3) is 2.26. The molecule has 1 fully saturated rings. The van der Waals surface area contributed by atoms with Gasteiger partial charge in [0.2, 0.25) is 0 Å². The summed E-state index contributed by atoms with van der Waals surface area (Å²) in [7, 11) is 0. The lowest BCUT2D eigenvalue weighted by Gasteiger charge is -2.08. The highest BCUT2D eigenvalue weighted by Crippen LogP contribution is 2.20. The minimum Gasteiger partial charge on any atom is -0.310 e. The van der Waals surface area contributed by atoms with Gasteiger partial charge in [-0.2, -0.15) is 5.10 Å². The number of rotatable bonds is 4. The van der Waals surface area contributed by atoms with Crippen LogP contribution in [0.15, 0.2) is 24.5 Å². The summed E-state index contributed by atoms with van der Waals surface area (Å²) in [6, 6.07) is 4.11. The maximum Gasteiger partial charge on any atom is 0.190 e. The van der Waals surface area contributed by atoms with Crippen LogP contribution in [0.2, 0.25) is 0 Å². The lowest BCUT2D eigenvalue weighted by atomic mass is 10.2. The third-order valence-electron chi connectivity index (χ3n) is 3.05. The van der Waals surface area contributed by atoms with Crippen molar-refractivity contribution in [3.05, 3.63) is 41.6 Å². The first-order chi connectivity index (χ1) is 8.74. The SMILES string of the molecule is Cc1ccn(-c2nccc(CNC3CC3)c2F)n1. The Kier molecular flexibility index (Phi) is 2.83. The molecule has 3 rings (SSSR count). The van der Waals surface area contributed by atoms with Crippen LogP contribution in [-0.4, -0.2) is 20.8 Å². The van der Waals surface area contributed by atoms with Crippen molar-refractivity contribution in [1.29, 1.82) is 0 Å². The summed E-state index contributed by atoms with van der Waals surface area (Å²) in [5.74, 6) is -0.0352. The van der Waals surface area contributed by atoms with Gasteiger partial charge in [-0.05, 0) is 31.9 Å². The van der Waals surface area contributed by atoms with E-state index in [2.05, 4.69) is 15.4 Å². The largest absolute Gasteiger partial charge is 0.310 e. The van der Waals surface area contributed by atoms with E-state index in [9.17, 15) is 4.39 Å². The molecule has 0 bridgehead atoms. The Bertz CT molecular complexity index is 560. The van der Waals surface area contributed by atoms with E-state index in [1.807, 2.05) is 13.0 Å². The van der Waals surface area contributed by atoms with Crippen molar-refractivity contribution in [3.63, 3.8) is 0 Å². The van der Waals surface area contributed by atoms with Gasteiger partial charge in [0.15, 0.2) is 11.6 Å². The molecule has 1 aliphatic rings. The van der Waals surface area contributed by atoms with Crippen molar-refractivity contribution in [1.82, 2.24) is 20.1 Å². The summed E-state index contributed by atoms with van der Waals surface area (Å²) in [5, 5.41) is 7.48. The molecule has 0 aliphatic heterocycles. The maximum atomic E-state index is 14.3. The van der Waals surface area contributed by atoms with E-state index in [1.54, 1.807) is 18.5 Å². The summed E-state index contributed by atoms with van der Waals surface area (Å²) in [6.45, 7) is 2.42. The second kappa shape index (κ2) is 4.49. The molecule has 0 saturated heterocycles. The second-order valence-corrected chi connectivity index (χ2v) is 4.66. The zero-order valence-electron chi connectivity index (χ0n) is 10.2. The molecule has 5 heteroatoms. The van der Waals surface area contributed by atoms with Gasteiger partial charge < -0.3 is 5.32 Å². The number of nitrogens with zero attached hydrogens (tertiary/aromatic N) is 3. The van der Waals surface area contributed by atoms with Gasteiger partial charge in [-0.25, -0.2) is 14.1 Å². The van der Waals surface area contributed by atoms with E-state index >= 15 is 0 Å². The number of pyridine rings is 1. The molecule has 1 aliphatic carbocycles. The highest BCUT2D eigenvalue weighted by Gasteiger charge is 2.21. The molecule has 94 valence electrons. The van der Waals surface area contributed by atoms with Crippen LogP contribution in [0.4, 0.5) is 4.39 Å². The zero-order valence-corrected chi connectivity index (χ0v) is 10.2. The molecule has 0 amide bonds. The molecule has 0 atom stereocenters. The normalized spacial score (nSPS) is 15.0. The van der Waals surface area contributed by atoms with Crippen LogP contribution in [0, 0.1) is 12.7 Å². The summed E-state index contributed by atoms with van der Waals surface area (Å²) < 4.78 is 15.8. The monoisotopic (exact) mass is 246 g/mol. The molecular weight excluding hydrogens is 231 g/mol. The molecule has 0 unspecified atom stereocenters. The fraction of sp³-hybridized carbons (Fsp3) is 0.385. The van der Waals surface area contributed by atoms with Crippen LogP contribution in [0.25, 0.3) is 5.82 Å². The summed E-state index contributed by atoms with van der Waals surface area (Å²) in [4.78, 5) is 4.06. The van der Waals surface area contributed by atoms with Gasteiger partial charge in [-0.15, -0.1) is 0 Å². The highest BCUT2D eigenvalue weighted by molar-refractivity contribution is 5.30. The van der Waals surface area contributed by atoms with Crippen LogP contribution in [-0.2, 0) is 6.54 Å².